The van der Waals surface area contributed by atoms with E-state index in [1.165, 1.54) is 58.4 Å². The van der Waals surface area contributed by atoms with Gasteiger partial charge < -0.3 is 99.9 Å². The molecule has 0 bridgehead atoms. The molecule has 0 spiro atoms. The Balaban J connectivity index is 0.000000147. The van der Waals surface area contributed by atoms with Gasteiger partial charge in [-0.2, -0.15) is 0 Å². The number of aromatic nitrogens is 10. The van der Waals surface area contributed by atoms with Gasteiger partial charge in [0.15, 0.2) is 0 Å². The minimum absolute atomic E-state index is 0.0308. The Morgan fingerprint density at radius 1 is 0.309 bits per heavy atom. The van der Waals surface area contributed by atoms with Gasteiger partial charge in [-0.3, -0.25) is 24.0 Å². The smallest absolute Gasteiger partial charge is 0.341 e. The maximum Gasteiger partial charge on any atom is 0.341 e. The van der Waals surface area contributed by atoms with Crippen LogP contribution in [0.1, 0.15) is 207 Å². The molecule has 0 saturated carbocycles. The monoisotopic (exact) mass is 2010 g/mol. The molecule has 8 aromatic carbocycles. The van der Waals surface area contributed by atoms with Crippen molar-refractivity contribution in [2.45, 2.75) is 165 Å². The Labute approximate surface area is 861 Å². The molecule has 0 unspecified atom stereocenters. The fourth-order valence-corrected chi connectivity index (χ4v) is 18.9. The summed E-state index contributed by atoms with van der Waals surface area (Å²) < 4.78 is 10.8. The number of nitrogens with zero attached hydrogens (tertiary/aromatic N) is 5. The van der Waals surface area contributed by atoms with Crippen LogP contribution in [0.2, 0.25) is 0 Å². The van der Waals surface area contributed by atoms with Gasteiger partial charge in [-0.25, -0.2) is 24.0 Å². The van der Waals surface area contributed by atoms with Gasteiger partial charge in [-0.15, -0.1) is 0 Å². The summed E-state index contributed by atoms with van der Waals surface area (Å²) >= 11 is 0. The van der Waals surface area contributed by atoms with Crippen LogP contribution >= 0.6 is 0 Å². The molecule has 15 N–H and O–H groups in total. The number of pyridine rings is 5. The average molecular weight is 2010 g/mol. The van der Waals surface area contributed by atoms with E-state index in [1.54, 1.807) is 0 Å². The van der Waals surface area contributed by atoms with E-state index >= 15 is 0 Å². The zero-order valence-corrected chi connectivity index (χ0v) is 87.0. The molecule has 0 aliphatic carbocycles. The number of aromatic amines is 5. The molecule has 770 valence electrons. The van der Waals surface area contributed by atoms with Crippen LogP contribution < -0.4 is 54.4 Å². The van der Waals surface area contributed by atoms with Crippen molar-refractivity contribution in [2.75, 3.05) is 7.05 Å². The molecular formula is C119H129N15O15. The van der Waals surface area contributed by atoms with Gasteiger partial charge in [0.25, 0.3) is 27.8 Å². The molecule has 0 amide bonds. The Hall–Kier alpha value is -16.6. The maximum absolute atomic E-state index is 12.3. The van der Waals surface area contributed by atoms with Crippen LogP contribution in [0.25, 0.3) is 111 Å². The molecule has 0 aliphatic heterocycles. The number of aryl methyl sites for hydroxylation is 10. The summed E-state index contributed by atoms with van der Waals surface area (Å²) in [5.41, 5.74) is 22.6. The lowest BCUT2D eigenvalue weighted by Gasteiger charge is -2.27. The van der Waals surface area contributed by atoms with Gasteiger partial charge in [0.1, 0.15) is 27.8 Å². The number of hydrogen-bond acceptors (Lipinski definition) is 15. The number of carbonyl (C=O) groups is 5. The summed E-state index contributed by atoms with van der Waals surface area (Å²) in [6.07, 6.45) is 3.10. The Kier molecular flexibility index (Phi) is 34.0. The number of carboxylic acids is 5. The summed E-state index contributed by atoms with van der Waals surface area (Å²) in [7, 11) is 12.1. The largest absolute Gasteiger partial charge is 0.477 e. The topological polar surface area (TPSA) is 436 Å². The first-order valence-electron chi connectivity index (χ1n) is 49.8. The molecule has 0 aliphatic rings. The van der Waals surface area contributed by atoms with E-state index in [2.05, 4.69) is 202 Å². The lowest BCUT2D eigenvalue weighted by atomic mass is 9.94. The highest BCUT2D eigenvalue weighted by Crippen LogP contribution is 2.36. The number of fused-ring (bicyclic) bond motifs is 5. The van der Waals surface area contributed by atoms with Crippen molar-refractivity contribution in [2.24, 2.45) is 35.2 Å². The van der Waals surface area contributed by atoms with Gasteiger partial charge in [-0.05, 0) is 274 Å². The van der Waals surface area contributed by atoms with Crippen LogP contribution in [-0.2, 0) is 112 Å². The highest BCUT2D eigenvalue weighted by atomic mass is 16.4. The van der Waals surface area contributed by atoms with Crippen LogP contribution in [0.15, 0.2) is 267 Å². The number of rotatable bonds is 31. The van der Waals surface area contributed by atoms with E-state index in [-0.39, 0.29) is 44.9 Å². The normalized spacial score (nSPS) is 11.7. The molecule has 0 radical (unpaired) electrons. The van der Waals surface area contributed by atoms with Crippen molar-refractivity contribution < 1.29 is 49.5 Å². The third-order valence-corrected chi connectivity index (χ3v) is 27.6. The molecule has 30 nitrogen and oxygen atoms in total. The standard InChI is InChI=1S/C27H29N3O3.C26H27N3O3.C25H25N3O3.C22H27N3O3.C19H21N3O3/c1-5-17-15-22(26(32)33)25(31)29-24(17)18-11-12-23-19(13-18)14-21(30(23)4)16-28-27(2,3)20-9-7-6-8-10-20;1-4-17-14-22(26(31)32)25(30)28-24(17)19-10-11-23-20(12-19)13-21(29(23)3)15-27-16(2)18-8-6-5-7-9-18;1-3-17-13-21(25(30)31)24(29)27-23(17)18-9-10-22-19(11-18)12-20(28(22)2)15-26-14-16-7-5-4-6-8-16;1-6-13-11-17(21(27)28)20(26)24-19(13)14-7-8-18-15(9-14)10-16(25(18)5)12-23-22(2,3)4;1-4-11-9-15(19(24)25)18(23)21-17(11)12-5-6-16-13(7-12)8-14(10-20-2)22(16)3/h6-15,28H,5,16H2,1-4H3,(H,29,31)(H,32,33);5-14,16,27H,4,15H2,1-3H3,(H,28,30)(H,31,32);4-13,26H,3,14-15H2,1-2H3,(H,27,29)(H,30,31);7-11,23H,6,12H2,1-5H3,(H,24,26)(H,27,28);5-9,20H,4,10H2,1-3H3,(H,21,23)(H,24,25)/t;16-;;;/m.1.../s1. The molecule has 0 fully saturated rings. The number of benzene rings is 8. The van der Waals surface area contributed by atoms with Gasteiger partial charge in [-0.1, -0.05) is 156 Å². The SMILES string of the molecule is CCc1cc(C(=O)O)c(=O)[nH]c1-c1ccc2c(c1)cc(CNC(C)(C)C)n2C.CCc1cc(C(=O)O)c(=O)[nH]c1-c1ccc2c(c1)cc(CNC(C)(C)c1ccccc1)n2C.CCc1cc(C(=O)O)c(=O)[nH]c1-c1ccc2c(c1)cc(CNC)n2C.CCc1cc(C(=O)O)c(=O)[nH]c1-c1ccc2c(c1)cc(CNCc1ccccc1)n2C.CCc1cc(C(=O)O)c(=O)[nH]c1-c1ccc2c(c1)cc(CN[C@H](C)c1ccccc1)n2C. The van der Waals surface area contributed by atoms with E-state index in [0.29, 0.717) is 67.1 Å². The second-order valence-corrected chi connectivity index (χ2v) is 38.8. The third kappa shape index (κ3) is 24.7. The first-order chi connectivity index (χ1) is 71.1. The summed E-state index contributed by atoms with van der Waals surface area (Å²) in [4.78, 5) is 131. The Morgan fingerprint density at radius 3 is 0.832 bits per heavy atom. The zero-order valence-electron chi connectivity index (χ0n) is 87.0. The van der Waals surface area contributed by atoms with Gasteiger partial charge in [0.05, 0.1) is 28.5 Å². The molecule has 18 aromatic rings. The Morgan fingerprint density at radius 2 is 0.564 bits per heavy atom. The van der Waals surface area contributed by atoms with Crippen molar-refractivity contribution in [3.63, 3.8) is 0 Å². The highest BCUT2D eigenvalue weighted by molar-refractivity contribution is 5.95. The van der Waals surface area contributed by atoms with Crippen molar-refractivity contribution >= 4 is 84.4 Å². The Bertz CT molecular complexity index is 8390. The summed E-state index contributed by atoms with van der Waals surface area (Å²) in [6.45, 7) is 27.1. The molecule has 149 heavy (non-hydrogen) atoms. The number of aromatic carboxylic acids is 5. The first-order valence-corrected chi connectivity index (χ1v) is 49.8. The van der Waals surface area contributed by atoms with Crippen molar-refractivity contribution in [1.29, 1.82) is 0 Å². The molecule has 1 atom stereocenters. The molecule has 10 heterocycles. The lowest BCUT2D eigenvalue weighted by molar-refractivity contribution is 0.0684. The quantitative estimate of drug-likeness (QED) is 0.0192. The van der Waals surface area contributed by atoms with Crippen LogP contribution in [0.3, 0.4) is 0 Å². The maximum atomic E-state index is 12.3. The molecule has 30 heteroatoms. The fraction of sp³-hybridized carbons (Fsp3) is 0.261. The van der Waals surface area contributed by atoms with Crippen LogP contribution in [0, 0.1) is 0 Å². The van der Waals surface area contributed by atoms with Gasteiger partial charge in [0.2, 0.25) is 0 Å². The average Bonchev–Trinajstić information content (AvgIpc) is 1.61. The van der Waals surface area contributed by atoms with Gasteiger partial charge in [0, 0.05) is 175 Å². The van der Waals surface area contributed by atoms with E-state index in [1.807, 2.05) is 203 Å². The second kappa shape index (κ2) is 46.8. The number of carboxylic acid groups (broad SMARTS) is 5. The van der Waals surface area contributed by atoms with Crippen molar-refractivity contribution in [3.8, 4) is 56.3 Å². The summed E-state index contributed by atoms with van der Waals surface area (Å²) in [5.74, 6) is -6.07. The van der Waals surface area contributed by atoms with E-state index < -0.39 is 57.6 Å². The van der Waals surface area contributed by atoms with E-state index in [0.717, 1.165) is 160 Å². The molecular weight excluding hydrogens is 1880 g/mol. The minimum atomic E-state index is -1.22. The number of nitrogens with one attached hydrogen (secondary N) is 10. The minimum Gasteiger partial charge on any atom is -0.477 e. The van der Waals surface area contributed by atoms with Gasteiger partial charge >= 0.3 is 29.8 Å². The van der Waals surface area contributed by atoms with Crippen LogP contribution in [0.4, 0.5) is 0 Å². The van der Waals surface area contributed by atoms with Crippen LogP contribution in [-0.4, -0.2) is 116 Å². The van der Waals surface area contributed by atoms with Crippen molar-refractivity contribution in [3.05, 3.63) is 395 Å². The summed E-state index contributed by atoms with van der Waals surface area (Å²) in [6, 6.07) is 79.5. The lowest BCUT2D eigenvalue weighted by Crippen LogP contribution is -2.36. The van der Waals surface area contributed by atoms with E-state index in [9.17, 15) is 68.4 Å². The number of hydrogen-bond donors (Lipinski definition) is 15. The molecule has 0 saturated heterocycles. The fourth-order valence-electron chi connectivity index (χ4n) is 18.9. The molecule has 18 rings (SSSR count). The highest BCUT2D eigenvalue weighted by Gasteiger charge is 2.26. The van der Waals surface area contributed by atoms with Crippen molar-refractivity contribution in [1.82, 2.24) is 74.3 Å². The third-order valence-electron chi connectivity index (χ3n) is 27.6. The van der Waals surface area contributed by atoms with Crippen LogP contribution in [0.5, 0.6) is 0 Å². The first kappa shape index (κ1) is 108. The second-order valence-electron chi connectivity index (χ2n) is 38.8. The summed E-state index contributed by atoms with van der Waals surface area (Å²) in [5, 5.41) is 68.9. The molecule has 10 aromatic heterocycles. The predicted octanol–water partition coefficient (Wildman–Crippen LogP) is 19.7. The number of H-pyrrole nitrogens is 5. The predicted molar refractivity (Wildman–Crippen MR) is 591 cm³/mol. The van der Waals surface area contributed by atoms with E-state index in [4.69, 9.17) is 5.11 Å². The zero-order chi connectivity index (χ0) is 107.